The van der Waals surface area contributed by atoms with Crippen LogP contribution in [-0.2, 0) is 9.53 Å². The zero-order chi connectivity index (χ0) is 19.4. The lowest BCUT2D eigenvalue weighted by Crippen LogP contribution is -1.98. The Kier molecular flexibility index (Phi) is 9.59. The van der Waals surface area contributed by atoms with Crippen LogP contribution < -0.4 is 0 Å². The molecule has 0 unspecified atom stereocenters. The molecule has 0 aliphatic heterocycles. The minimum atomic E-state index is -2.26. The molecule has 0 atom stereocenters. The summed E-state index contributed by atoms with van der Waals surface area (Å²) in [5, 5.41) is 8.63. The molecule has 0 aromatic heterocycles. The van der Waals surface area contributed by atoms with Crippen molar-refractivity contribution in [1.29, 1.82) is 0 Å². The first-order chi connectivity index (χ1) is 10.7. The molecule has 0 spiro atoms. The maximum absolute atomic E-state index is 10.6. The first-order valence-corrected chi connectivity index (χ1v) is 6.86. The van der Waals surface area contributed by atoms with Crippen LogP contribution in [0.4, 0.5) is 0 Å². The lowest BCUT2D eigenvalue weighted by Gasteiger charge is -2.05. The van der Waals surface area contributed by atoms with Crippen molar-refractivity contribution >= 4 is 5.97 Å². The second kappa shape index (κ2) is 11.7. The molecular weight excluding hydrogens is 276 g/mol. The Morgan fingerprint density at radius 1 is 1.09 bits per heavy atom. The summed E-state index contributed by atoms with van der Waals surface area (Å²) in [7, 11) is 1.34. The molecule has 0 rings (SSSR count). The highest BCUT2D eigenvalue weighted by atomic mass is 16.5. The molecule has 3 nitrogen and oxygen atoms in total. The number of methoxy groups -OCH3 is 1. The highest BCUT2D eigenvalue weighted by Crippen LogP contribution is 2.09. The third-order valence-electron chi connectivity index (χ3n) is 1.64. The quantitative estimate of drug-likeness (QED) is 0.483. The van der Waals surface area contributed by atoms with E-state index >= 15 is 0 Å². The van der Waals surface area contributed by atoms with Gasteiger partial charge in [0.1, 0.15) is 0 Å². The van der Waals surface area contributed by atoms with Crippen molar-refractivity contribution in [1.82, 2.24) is 0 Å². The van der Waals surface area contributed by atoms with Crippen LogP contribution in [0, 0.1) is 34.5 Å². The lowest BCUT2D eigenvalue weighted by atomic mass is 9.98. The summed E-state index contributed by atoms with van der Waals surface area (Å²) in [6, 6.07) is 0. The fourth-order valence-corrected chi connectivity index (χ4v) is 0.773. The topological polar surface area (TPSA) is 46.5 Å². The summed E-state index contributed by atoms with van der Waals surface area (Å²) in [5.74, 6) is 10.9. The van der Waals surface area contributed by atoms with Gasteiger partial charge in [0.25, 0.3) is 0 Å². The summed E-state index contributed by atoms with van der Waals surface area (Å²) in [6.07, 6.45) is 5.15. The van der Waals surface area contributed by atoms with Crippen molar-refractivity contribution in [2.24, 2.45) is 10.8 Å². The molecule has 0 radical (unpaired) electrons. The van der Waals surface area contributed by atoms with Gasteiger partial charge in [-0.2, -0.15) is 0 Å². The summed E-state index contributed by atoms with van der Waals surface area (Å²) in [4.78, 5) is 10.6. The number of aliphatic hydroxyl groups is 1. The van der Waals surface area contributed by atoms with E-state index in [-0.39, 0.29) is 16.8 Å². The molecule has 122 valence electrons. The maximum atomic E-state index is 10.6. The second-order valence-corrected chi connectivity index (χ2v) is 6.36. The molecule has 0 heterocycles. The molecule has 0 bridgehead atoms. The van der Waals surface area contributed by atoms with Crippen molar-refractivity contribution in [2.75, 3.05) is 13.7 Å². The van der Waals surface area contributed by atoms with Gasteiger partial charge in [-0.15, -0.1) is 0 Å². The van der Waals surface area contributed by atoms with Gasteiger partial charge in [-0.05, 0) is 53.7 Å². The van der Waals surface area contributed by atoms with Gasteiger partial charge in [0, 0.05) is 16.9 Å². The van der Waals surface area contributed by atoms with E-state index in [1.165, 1.54) is 25.3 Å². The Bertz CT molecular complexity index is 561. The lowest BCUT2D eigenvalue weighted by molar-refractivity contribution is -0.134. The summed E-state index contributed by atoms with van der Waals surface area (Å²) in [6.45, 7) is 9.64. The van der Waals surface area contributed by atoms with Crippen LogP contribution >= 0.6 is 0 Å². The molecule has 1 N–H and O–H groups in total. The molecule has 0 fully saturated rings. The van der Waals surface area contributed by atoms with E-state index in [2.05, 4.69) is 28.4 Å². The first-order valence-electron chi connectivity index (χ1n) is 7.86. The van der Waals surface area contributed by atoms with Gasteiger partial charge in [0.15, 0.2) is 0 Å². The number of hydrogen-bond donors (Lipinski definition) is 1. The molecule has 0 saturated heterocycles. The van der Waals surface area contributed by atoms with E-state index in [1.54, 1.807) is 0 Å². The van der Waals surface area contributed by atoms with Crippen molar-refractivity contribution in [3.05, 3.63) is 24.3 Å². The molecular formula is C19H28O3. The number of rotatable bonds is 2. The predicted molar refractivity (Wildman–Crippen MR) is 91.8 cm³/mol. The van der Waals surface area contributed by atoms with Gasteiger partial charge in [-0.1, -0.05) is 29.8 Å². The normalized spacial score (nSPS) is 12.9. The number of carbonyl (C=O) groups excluding carboxylic acids is 1. The number of hydrogen-bond acceptors (Lipinski definition) is 3. The average Bonchev–Trinajstić information content (AvgIpc) is 2.37. The van der Waals surface area contributed by atoms with Crippen LogP contribution in [0.15, 0.2) is 24.3 Å². The molecule has 0 amide bonds. The number of ether oxygens (including phenoxy) is 1. The average molecular weight is 306 g/mol. The van der Waals surface area contributed by atoms with E-state index < -0.39 is 6.56 Å². The number of allylic oxidation sites excluding steroid dienone is 2. The van der Waals surface area contributed by atoms with Crippen LogP contribution in [0.1, 0.15) is 44.3 Å². The van der Waals surface area contributed by atoms with Gasteiger partial charge in [-0.3, -0.25) is 0 Å². The highest BCUT2D eigenvalue weighted by molar-refractivity contribution is 5.82. The monoisotopic (exact) mass is 306 g/mol. The van der Waals surface area contributed by atoms with Crippen LogP contribution in [0.5, 0.6) is 0 Å². The van der Waals surface area contributed by atoms with Gasteiger partial charge in [0.2, 0.25) is 0 Å². The Hall–Kier alpha value is -1.97. The molecule has 0 aliphatic carbocycles. The molecule has 0 aromatic rings. The summed E-state index contributed by atoms with van der Waals surface area (Å²) < 4.78 is 17.9. The zero-order valence-electron chi connectivity index (χ0n) is 16.6. The predicted octanol–water partition coefficient (Wildman–Crippen LogP) is 3.35. The van der Waals surface area contributed by atoms with Gasteiger partial charge >= 0.3 is 5.97 Å². The van der Waals surface area contributed by atoms with Crippen molar-refractivity contribution in [3.8, 4) is 23.7 Å². The van der Waals surface area contributed by atoms with Crippen molar-refractivity contribution < 1.29 is 17.4 Å². The molecule has 0 aliphatic rings. The van der Waals surface area contributed by atoms with E-state index in [4.69, 9.17) is 7.85 Å². The Balaban J connectivity index is 0. The zero-order valence-corrected chi connectivity index (χ0v) is 14.6. The second-order valence-electron chi connectivity index (χ2n) is 6.36. The van der Waals surface area contributed by atoms with Crippen LogP contribution in [0.3, 0.4) is 0 Å². The fraction of sp³-hybridized carbons (Fsp3) is 0.526. The molecule has 0 saturated carbocycles. The van der Waals surface area contributed by atoms with E-state index in [9.17, 15) is 4.79 Å². The third-order valence-corrected chi connectivity index (χ3v) is 1.64. The molecule has 0 aromatic carbocycles. The minimum absolute atomic E-state index is 0.0273. The number of carbonyl (C=O) groups is 1. The third kappa shape index (κ3) is 23.1. The Morgan fingerprint density at radius 2 is 1.55 bits per heavy atom. The standard InChI is InChI=1S/C10H14O2.C9H14O/c1-10(2,3)8-6-5-7-9(11)12-4;1-9(2,3)7-5-4-6-8-10/h5,7H,1-4H3;4,6,10H,8H2,1-3H3/b7-5+;6-4+/i;8D2. The van der Waals surface area contributed by atoms with E-state index in [0.717, 1.165) is 6.08 Å². The molecule has 3 heteroatoms. The van der Waals surface area contributed by atoms with E-state index in [1.807, 2.05) is 41.5 Å². The largest absolute Gasteiger partial charge is 0.466 e. The molecule has 22 heavy (non-hydrogen) atoms. The SMILES string of the molecule is COC(=O)/C=C/C#CC(C)(C)C.[2H]C([2H])(O)/C=C/C#CC(C)(C)C. The van der Waals surface area contributed by atoms with Gasteiger partial charge in [0.05, 0.1) is 16.4 Å². The highest BCUT2D eigenvalue weighted by Gasteiger charge is 2.02. The van der Waals surface area contributed by atoms with Crippen LogP contribution in [0.2, 0.25) is 0 Å². The number of esters is 1. The smallest absolute Gasteiger partial charge is 0.331 e. The van der Waals surface area contributed by atoms with Crippen molar-refractivity contribution in [3.63, 3.8) is 0 Å². The van der Waals surface area contributed by atoms with Crippen LogP contribution in [-0.4, -0.2) is 24.7 Å². The fourth-order valence-electron chi connectivity index (χ4n) is 0.773. The first kappa shape index (κ1) is 18.1. The van der Waals surface area contributed by atoms with Gasteiger partial charge < -0.3 is 9.84 Å². The maximum Gasteiger partial charge on any atom is 0.331 e. The Morgan fingerprint density at radius 3 is 1.91 bits per heavy atom. The van der Waals surface area contributed by atoms with Gasteiger partial charge in [-0.25, -0.2) is 4.79 Å². The van der Waals surface area contributed by atoms with Crippen LogP contribution in [0.25, 0.3) is 0 Å². The van der Waals surface area contributed by atoms with Crippen molar-refractivity contribution in [2.45, 2.75) is 41.5 Å². The Labute approximate surface area is 138 Å². The van der Waals surface area contributed by atoms with E-state index in [0.29, 0.717) is 0 Å². The minimum Gasteiger partial charge on any atom is -0.466 e. The summed E-state index contributed by atoms with van der Waals surface area (Å²) >= 11 is 0. The summed E-state index contributed by atoms with van der Waals surface area (Å²) in [5.41, 5.74) is -0.118.